The predicted molar refractivity (Wildman–Crippen MR) is 90.0 cm³/mol. The first-order valence-corrected chi connectivity index (χ1v) is 8.85. The average Bonchev–Trinajstić information content (AvgIpc) is 3.18. The lowest BCUT2D eigenvalue weighted by Crippen LogP contribution is -2.42. The molecule has 0 amide bonds. The Morgan fingerprint density at radius 1 is 1.26 bits per heavy atom. The van der Waals surface area contributed by atoms with Crippen LogP contribution >= 0.6 is 0 Å². The zero-order chi connectivity index (χ0) is 16.8. The molecule has 1 saturated heterocycles. The Balaban J connectivity index is 2.01. The van der Waals surface area contributed by atoms with Gasteiger partial charge in [0, 0.05) is 11.5 Å². The van der Waals surface area contributed by atoms with Crippen LogP contribution in [0, 0.1) is 17.3 Å². The average molecular weight is 316 g/mol. The van der Waals surface area contributed by atoms with Crippen molar-refractivity contribution in [2.24, 2.45) is 17.3 Å². The number of ether oxygens (including phenoxy) is 1. The highest BCUT2D eigenvalue weighted by Gasteiger charge is 2.58. The maximum absolute atomic E-state index is 12.9. The Labute approximate surface area is 139 Å². The lowest BCUT2D eigenvalue weighted by Gasteiger charge is -2.44. The van der Waals surface area contributed by atoms with Crippen molar-refractivity contribution in [2.45, 2.75) is 71.5 Å². The van der Waals surface area contributed by atoms with Crippen LogP contribution < -0.4 is 0 Å². The van der Waals surface area contributed by atoms with Gasteiger partial charge in [0.05, 0.1) is 0 Å². The van der Waals surface area contributed by atoms with E-state index < -0.39 is 0 Å². The van der Waals surface area contributed by atoms with Crippen molar-refractivity contribution in [1.82, 2.24) is 0 Å². The van der Waals surface area contributed by atoms with E-state index in [0.717, 1.165) is 38.4 Å². The van der Waals surface area contributed by atoms with Crippen LogP contribution in [0.25, 0.3) is 0 Å². The summed E-state index contributed by atoms with van der Waals surface area (Å²) < 4.78 is 5.77. The maximum Gasteiger partial charge on any atom is 0.190 e. The molecule has 0 N–H and O–H groups in total. The molecular weight excluding hydrogens is 288 g/mol. The molecule has 3 heteroatoms. The largest absolute Gasteiger partial charge is 0.358 e. The molecule has 126 valence electrons. The Kier molecular flexibility index (Phi) is 4.12. The number of fused-ring (bicyclic) bond motifs is 3. The van der Waals surface area contributed by atoms with Gasteiger partial charge in [0.2, 0.25) is 0 Å². The first-order chi connectivity index (χ1) is 10.8. The number of carbonyl (C=O) groups excluding carboxylic acids is 2. The summed E-state index contributed by atoms with van der Waals surface area (Å²) in [7, 11) is 0. The zero-order valence-electron chi connectivity index (χ0n) is 14.7. The smallest absolute Gasteiger partial charge is 0.190 e. The topological polar surface area (TPSA) is 46.7 Å². The number of hydrogen-bond acceptors (Lipinski definition) is 3. The van der Waals surface area contributed by atoms with Gasteiger partial charge in [0.1, 0.15) is 18.0 Å². The van der Waals surface area contributed by atoms with Crippen LogP contribution in [0.2, 0.25) is 0 Å². The highest BCUT2D eigenvalue weighted by atomic mass is 16.6. The van der Waals surface area contributed by atoms with Crippen molar-refractivity contribution in [3.05, 3.63) is 23.3 Å². The highest BCUT2D eigenvalue weighted by Crippen LogP contribution is 2.51. The molecule has 0 unspecified atom stereocenters. The minimum atomic E-state index is -0.359. The Morgan fingerprint density at radius 2 is 2.00 bits per heavy atom. The van der Waals surface area contributed by atoms with Crippen LogP contribution in [0.1, 0.15) is 59.8 Å². The van der Waals surface area contributed by atoms with Gasteiger partial charge < -0.3 is 9.53 Å². The second-order valence-electron chi connectivity index (χ2n) is 8.18. The summed E-state index contributed by atoms with van der Waals surface area (Å²) in [4.78, 5) is 24.9. The standard InChI is InChI=1S/C20H28O3/c1-13-6-5-10-20(4)18(23-20)17(22)15-8-7-14(2)19(3,11-9-13)16(15)12-21/h6,8,12,14,16,18H,5,7,9-11H2,1-4H3/b13-6+/t14-,16-,18-,19+,20-/m1/s1. The number of epoxide rings is 1. The number of Topliss-reactive ketones (excluding diaryl/α,β-unsaturated/α-hetero) is 1. The molecule has 2 aliphatic carbocycles. The van der Waals surface area contributed by atoms with Crippen LogP contribution in [0.4, 0.5) is 0 Å². The van der Waals surface area contributed by atoms with E-state index in [0.29, 0.717) is 11.5 Å². The predicted octanol–water partition coefficient (Wildman–Crippen LogP) is 4.02. The third kappa shape index (κ3) is 2.73. The number of allylic oxidation sites excluding steroid dienone is 3. The molecule has 23 heavy (non-hydrogen) atoms. The van der Waals surface area contributed by atoms with Gasteiger partial charge in [-0.3, -0.25) is 4.79 Å². The first-order valence-electron chi connectivity index (χ1n) is 8.85. The molecule has 1 aliphatic heterocycles. The molecule has 0 aromatic carbocycles. The molecular formula is C20H28O3. The SMILES string of the molecule is C/C1=C\CC[C@@]2(C)O[C@@H]2C(=O)C2=CC[C@@H](C)[C@](C)(CC1)[C@@H]2C=O. The summed E-state index contributed by atoms with van der Waals surface area (Å²) in [6.07, 6.45) is 9.56. The van der Waals surface area contributed by atoms with E-state index in [1.165, 1.54) is 5.57 Å². The third-order valence-electron chi connectivity index (χ3n) is 6.60. The highest BCUT2D eigenvalue weighted by molar-refractivity contribution is 6.04. The minimum Gasteiger partial charge on any atom is -0.358 e. The van der Waals surface area contributed by atoms with Gasteiger partial charge >= 0.3 is 0 Å². The van der Waals surface area contributed by atoms with Crippen LogP contribution in [0.3, 0.4) is 0 Å². The van der Waals surface area contributed by atoms with Gasteiger partial charge in [-0.2, -0.15) is 0 Å². The summed E-state index contributed by atoms with van der Waals surface area (Å²) >= 11 is 0. The first kappa shape index (κ1) is 16.6. The Morgan fingerprint density at radius 3 is 2.70 bits per heavy atom. The Bertz CT molecular complexity index is 588. The number of rotatable bonds is 1. The van der Waals surface area contributed by atoms with Crippen molar-refractivity contribution >= 4 is 12.1 Å². The number of carbonyl (C=O) groups is 2. The second-order valence-corrected chi connectivity index (χ2v) is 8.18. The molecule has 0 aromatic rings. The van der Waals surface area contributed by atoms with Gasteiger partial charge in [-0.15, -0.1) is 0 Å². The zero-order valence-corrected chi connectivity index (χ0v) is 14.7. The molecule has 0 saturated carbocycles. The van der Waals surface area contributed by atoms with E-state index in [2.05, 4.69) is 26.8 Å². The van der Waals surface area contributed by atoms with Crippen molar-refractivity contribution < 1.29 is 14.3 Å². The van der Waals surface area contributed by atoms with Crippen molar-refractivity contribution in [3.8, 4) is 0 Å². The van der Waals surface area contributed by atoms with E-state index in [9.17, 15) is 9.59 Å². The molecule has 0 spiro atoms. The quantitative estimate of drug-likeness (QED) is 0.417. The van der Waals surface area contributed by atoms with Gasteiger partial charge in [-0.05, 0) is 57.3 Å². The summed E-state index contributed by atoms with van der Waals surface area (Å²) in [6.45, 7) is 8.58. The summed E-state index contributed by atoms with van der Waals surface area (Å²) in [5, 5.41) is 0. The third-order valence-corrected chi connectivity index (χ3v) is 6.60. The molecule has 1 fully saturated rings. The molecule has 0 radical (unpaired) electrons. The Hall–Kier alpha value is -1.22. The lowest BCUT2D eigenvalue weighted by molar-refractivity contribution is -0.122. The van der Waals surface area contributed by atoms with Gasteiger partial charge in [0.15, 0.2) is 5.78 Å². The molecule has 0 aromatic heterocycles. The maximum atomic E-state index is 12.9. The van der Waals surface area contributed by atoms with Crippen molar-refractivity contribution in [3.63, 3.8) is 0 Å². The molecule has 5 atom stereocenters. The van der Waals surface area contributed by atoms with Crippen LogP contribution in [-0.4, -0.2) is 23.8 Å². The van der Waals surface area contributed by atoms with Crippen LogP contribution in [0.15, 0.2) is 23.3 Å². The summed E-state index contributed by atoms with van der Waals surface area (Å²) in [5.74, 6) is 0.139. The second kappa shape index (κ2) is 5.70. The monoisotopic (exact) mass is 316 g/mol. The van der Waals surface area contributed by atoms with E-state index in [1.54, 1.807) is 0 Å². The van der Waals surface area contributed by atoms with E-state index >= 15 is 0 Å². The summed E-state index contributed by atoms with van der Waals surface area (Å²) in [6, 6.07) is 0. The van der Waals surface area contributed by atoms with Crippen LogP contribution in [0.5, 0.6) is 0 Å². The molecule has 1 heterocycles. The van der Waals surface area contributed by atoms with Gasteiger partial charge in [-0.1, -0.05) is 31.6 Å². The van der Waals surface area contributed by atoms with Crippen LogP contribution in [-0.2, 0) is 14.3 Å². The number of ketones is 1. The van der Waals surface area contributed by atoms with Crippen molar-refractivity contribution in [2.75, 3.05) is 0 Å². The molecule has 3 rings (SSSR count). The molecule has 3 aliphatic rings. The van der Waals surface area contributed by atoms with Crippen molar-refractivity contribution in [1.29, 1.82) is 0 Å². The fourth-order valence-electron chi connectivity index (χ4n) is 4.33. The minimum absolute atomic E-state index is 0.0454. The van der Waals surface area contributed by atoms with E-state index in [1.807, 2.05) is 13.0 Å². The fraction of sp³-hybridized carbons (Fsp3) is 0.700. The fourth-order valence-corrected chi connectivity index (χ4v) is 4.33. The number of aldehydes is 1. The van der Waals surface area contributed by atoms with Gasteiger partial charge in [-0.25, -0.2) is 0 Å². The molecule has 3 nitrogen and oxygen atoms in total. The van der Waals surface area contributed by atoms with Gasteiger partial charge in [0.25, 0.3) is 0 Å². The molecule has 2 bridgehead atoms. The normalized spacial score (nSPS) is 46.4. The van der Waals surface area contributed by atoms with E-state index in [-0.39, 0.29) is 28.8 Å². The summed E-state index contributed by atoms with van der Waals surface area (Å²) in [5.41, 5.74) is 1.59. The lowest BCUT2D eigenvalue weighted by atomic mass is 9.59. The van der Waals surface area contributed by atoms with E-state index in [4.69, 9.17) is 4.74 Å². The number of hydrogen-bond donors (Lipinski definition) is 0.